The highest BCUT2D eigenvalue weighted by molar-refractivity contribution is 5.86. The molecule has 1 heterocycles. The first-order chi connectivity index (χ1) is 16.9. The molecule has 4 aromatic rings. The van der Waals surface area contributed by atoms with Crippen molar-refractivity contribution in [1.29, 1.82) is 5.41 Å². The first kappa shape index (κ1) is 23.7. The van der Waals surface area contributed by atoms with Gasteiger partial charge in [-0.1, -0.05) is 60.2 Å². The molecule has 0 atom stereocenters. The predicted molar refractivity (Wildman–Crippen MR) is 136 cm³/mol. The topological polar surface area (TPSA) is 92.5 Å². The fourth-order valence-electron chi connectivity index (χ4n) is 3.79. The first-order valence-corrected chi connectivity index (χ1v) is 11.2. The molecule has 2 N–H and O–H groups in total. The maximum Gasteiger partial charge on any atom is 0.309 e. The molecule has 3 aromatic carbocycles. The third-order valence-corrected chi connectivity index (χ3v) is 5.44. The van der Waals surface area contributed by atoms with Crippen LogP contribution >= 0.6 is 0 Å². The lowest BCUT2D eigenvalue weighted by Crippen LogP contribution is -2.16. The highest BCUT2D eigenvalue weighted by Gasteiger charge is 2.09. The standard InChI is InChI=1S/C29H26N2O4/c1-19-5-3-7-22(13-19)24-9-11-27(33)26(16-24)15-21-6-4-8-23(14-21)25-10-12-29(31-17-25)34-18-28(30)35-20(2)32/h3-14,16-17,30,33H,15,18H2,1-2H3. The van der Waals surface area contributed by atoms with Gasteiger partial charge in [-0.2, -0.15) is 0 Å². The van der Waals surface area contributed by atoms with Gasteiger partial charge in [0, 0.05) is 31.2 Å². The number of esters is 1. The van der Waals surface area contributed by atoms with Gasteiger partial charge in [-0.15, -0.1) is 0 Å². The maximum absolute atomic E-state index is 10.9. The number of carbonyl (C=O) groups excluding carboxylic acids is 1. The number of nitrogens with one attached hydrogen (secondary N) is 1. The lowest BCUT2D eigenvalue weighted by Gasteiger charge is -2.11. The van der Waals surface area contributed by atoms with Crippen molar-refractivity contribution in [3.63, 3.8) is 0 Å². The van der Waals surface area contributed by atoms with Gasteiger partial charge in [-0.3, -0.25) is 10.2 Å². The third kappa shape index (κ3) is 6.32. The number of aromatic nitrogens is 1. The average molecular weight is 467 g/mol. The molecule has 1 aromatic heterocycles. The van der Waals surface area contributed by atoms with Crippen molar-refractivity contribution in [3.8, 4) is 33.9 Å². The van der Waals surface area contributed by atoms with Crippen LogP contribution in [0.5, 0.6) is 11.6 Å². The van der Waals surface area contributed by atoms with Gasteiger partial charge in [0.2, 0.25) is 11.8 Å². The average Bonchev–Trinajstić information content (AvgIpc) is 2.84. The summed E-state index contributed by atoms with van der Waals surface area (Å²) in [6, 6.07) is 25.7. The first-order valence-electron chi connectivity index (χ1n) is 11.2. The van der Waals surface area contributed by atoms with Crippen molar-refractivity contribution >= 4 is 11.9 Å². The summed E-state index contributed by atoms with van der Waals surface area (Å²) in [4.78, 5) is 15.2. The molecule has 0 saturated carbocycles. The quantitative estimate of drug-likeness (QED) is 0.200. The molecule has 0 radical (unpaired) electrons. The van der Waals surface area contributed by atoms with Crippen molar-refractivity contribution in [2.75, 3.05) is 6.61 Å². The highest BCUT2D eigenvalue weighted by Crippen LogP contribution is 2.29. The Kier molecular flexibility index (Phi) is 7.21. The summed E-state index contributed by atoms with van der Waals surface area (Å²) >= 11 is 0. The van der Waals surface area contributed by atoms with E-state index in [9.17, 15) is 9.90 Å². The van der Waals surface area contributed by atoms with E-state index in [1.54, 1.807) is 18.3 Å². The number of hydrogen-bond donors (Lipinski definition) is 2. The number of carbonyl (C=O) groups is 1. The number of phenolic OH excluding ortho intramolecular Hbond substituents is 1. The maximum atomic E-state index is 10.9. The van der Waals surface area contributed by atoms with Crippen LogP contribution in [0.4, 0.5) is 0 Å². The zero-order valence-corrected chi connectivity index (χ0v) is 19.6. The van der Waals surface area contributed by atoms with Crippen LogP contribution in [0.15, 0.2) is 85.1 Å². The molecule has 0 bridgehead atoms. The normalized spacial score (nSPS) is 10.6. The number of aryl methyl sites for hydroxylation is 1. The van der Waals surface area contributed by atoms with Crippen molar-refractivity contribution in [3.05, 3.63) is 102 Å². The van der Waals surface area contributed by atoms with E-state index >= 15 is 0 Å². The number of pyridine rings is 1. The Bertz CT molecular complexity index is 1360. The van der Waals surface area contributed by atoms with Crippen LogP contribution in [0, 0.1) is 12.3 Å². The third-order valence-electron chi connectivity index (χ3n) is 5.44. The van der Waals surface area contributed by atoms with E-state index in [1.807, 2.05) is 42.5 Å². The lowest BCUT2D eigenvalue weighted by molar-refractivity contribution is -0.133. The van der Waals surface area contributed by atoms with Crippen LogP contribution in [-0.4, -0.2) is 28.6 Å². The van der Waals surface area contributed by atoms with E-state index in [2.05, 4.69) is 40.9 Å². The minimum atomic E-state index is -0.558. The highest BCUT2D eigenvalue weighted by atomic mass is 16.6. The molecule has 0 fully saturated rings. The number of nitrogens with zero attached hydrogens (tertiary/aromatic N) is 1. The Hall–Kier alpha value is -4.45. The van der Waals surface area contributed by atoms with Gasteiger partial charge in [0.15, 0.2) is 6.61 Å². The van der Waals surface area contributed by atoms with E-state index in [4.69, 9.17) is 10.1 Å². The number of phenols is 1. The molecule has 0 aliphatic heterocycles. The Morgan fingerprint density at radius 3 is 2.34 bits per heavy atom. The van der Waals surface area contributed by atoms with Gasteiger partial charge >= 0.3 is 5.97 Å². The smallest absolute Gasteiger partial charge is 0.309 e. The monoisotopic (exact) mass is 466 g/mol. The van der Waals surface area contributed by atoms with Crippen molar-refractivity contribution < 1.29 is 19.4 Å². The molecule has 0 saturated heterocycles. The Labute approximate surface area is 204 Å². The molecular weight excluding hydrogens is 440 g/mol. The van der Waals surface area contributed by atoms with Crippen LogP contribution in [0.2, 0.25) is 0 Å². The SMILES string of the molecule is CC(=O)OC(=N)COc1ccc(-c2cccc(Cc3cc(-c4cccc(C)c4)ccc3O)c2)cn1. The van der Waals surface area contributed by atoms with Crippen molar-refractivity contribution in [2.45, 2.75) is 20.3 Å². The van der Waals surface area contributed by atoms with Crippen molar-refractivity contribution in [1.82, 2.24) is 4.98 Å². The number of hydrogen-bond acceptors (Lipinski definition) is 6. The lowest BCUT2D eigenvalue weighted by atomic mass is 9.96. The van der Waals surface area contributed by atoms with Gasteiger partial charge in [-0.25, -0.2) is 4.98 Å². The second kappa shape index (κ2) is 10.7. The second-order valence-corrected chi connectivity index (χ2v) is 8.28. The van der Waals surface area contributed by atoms with Crippen LogP contribution in [0.3, 0.4) is 0 Å². The van der Waals surface area contributed by atoms with Gasteiger partial charge < -0.3 is 14.6 Å². The van der Waals surface area contributed by atoms with Gasteiger partial charge in [-0.05, 0) is 52.9 Å². The largest absolute Gasteiger partial charge is 0.508 e. The molecule has 6 nitrogen and oxygen atoms in total. The molecule has 0 aliphatic carbocycles. The summed E-state index contributed by atoms with van der Waals surface area (Å²) < 4.78 is 10.0. The number of ether oxygens (including phenoxy) is 2. The predicted octanol–water partition coefficient (Wildman–Crippen LogP) is 5.94. The van der Waals surface area contributed by atoms with E-state index < -0.39 is 5.97 Å². The molecule has 35 heavy (non-hydrogen) atoms. The fourth-order valence-corrected chi connectivity index (χ4v) is 3.79. The van der Waals surface area contributed by atoms with E-state index in [0.717, 1.165) is 33.4 Å². The van der Waals surface area contributed by atoms with Gasteiger partial charge in [0.05, 0.1) is 0 Å². The summed E-state index contributed by atoms with van der Waals surface area (Å²) in [7, 11) is 0. The van der Waals surface area contributed by atoms with Crippen LogP contribution in [-0.2, 0) is 16.0 Å². The molecule has 0 aliphatic rings. The number of aromatic hydroxyl groups is 1. The van der Waals surface area contributed by atoms with E-state index in [1.165, 1.54) is 12.5 Å². The molecule has 0 unspecified atom stereocenters. The fraction of sp³-hybridized carbons (Fsp3) is 0.138. The van der Waals surface area contributed by atoms with Crippen LogP contribution < -0.4 is 4.74 Å². The van der Waals surface area contributed by atoms with Gasteiger partial charge in [0.25, 0.3) is 0 Å². The molecule has 0 amide bonds. The van der Waals surface area contributed by atoms with Gasteiger partial charge in [0.1, 0.15) is 5.75 Å². The molecule has 176 valence electrons. The van der Waals surface area contributed by atoms with Crippen molar-refractivity contribution in [2.24, 2.45) is 0 Å². The minimum Gasteiger partial charge on any atom is -0.508 e. The molecular formula is C29H26N2O4. The summed E-state index contributed by atoms with van der Waals surface area (Å²) in [5.41, 5.74) is 7.20. The van der Waals surface area contributed by atoms with Crippen LogP contribution in [0.1, 0.15) is 23.6 Å². The summed E-state index contributed by atoms with van der Waals surface area (Å²) in [6.45, 7) is 3.13. The molecule has 6 heteroatoms. The van der Waals surface area contributed by atoms with Crippen LogP contribution in [0.25, 0.3) is 22.3 Å². The molecule has 0 spiro atoms. The Morgan fingerprint density at radius 2 is 1.63 bits per heavy atom. The second-order valence-electron chi connectivity index (χ2n) is 8.28. The van der Waals surface area contributed by atoms with E-state index in [0.29, 0.717) is 12.3 Å². The Balaban J connectivity index is 1.48. The number of rotatable bonds is 7. The summed E-state index contributed by atoms with van der Waals surface area (Å²) in [6.07, 6.45) is 2.28. The zero-order valence-electron chi connectivity index (χ0n) is 19.6. The summed E-state index contributed by atoms with van der Waals surface area (Å²) in [5, 5.41) is 18.0. The van der Waals surface area contributed by atoms with E-state index in [-0.39, 0.29) is 18.3 Å². The number of benzene rings is 3. The minimum absolute atomic E-state index is 0.174. The summed E-state index contributed by atoms with van der Waals surface area (Å²) in [5.74, 6) is -0.225. The Morgan fingerprint density at radius 1 is 0.914 bits per heavy atom. The zero-order chi connectivity index (χ0) is 24.8. The molecule has 4 rings (SSSR count).